The number of hydrogen-bond acceptors (Lipinski definition) is 1. The second kappa shape index (κ2) is 2.54. The van der Waals surface area contributed by atoms with Gasteiger partial charge in [0.1, 0.15) is 0 Å². The van der Waals surface area contributed by atoms with E-state index in [1.807, 2.05) is 0 Å². The quantitative estimate of drug-likeness (QED) is 0.475. The van der Waals surface area contributed by atoms with Crippen LogP contribution in [0.5, 0.6) is 0 Å². The van der Waals surface area contributed by atoms with E-state index in [-0.39, 0.29) is 0 Å². The highest BCUT2D eigenvalue weighted by Crippen LogP contribution is 1.96. The maximum absolute atomic E-state index is 11.0. The van der Waals surface area contributed by atoms with Crippen LogP contribution in [0.25, 0.3) is 0 Å². The molecule has 1 unspecified atom stereocenters. The van der Waals surface area contributed by atoms with Gasteiger partial charge in [0, 0.05) is 0 Å². The molecule has 1 nitrogen and oxygen atoms in total. The van der Waals surface area contributed by atoms with Crippen LogP contribution < -0.4 is 0 Å². The molecule has 0 fully saturated rings. The topological polar surface area (TPSA) is 20.2 Å². The van der Waals surface area contributed by atoms with Crippen LogP contribution in [0, 0.1) is 12.3 Å². The molecule has 0 amide bonds. The summed E-state index contributed by atoms with van der Waals surface area (Å²) in [4.78, 5) is 0. The number of hydrogen-bond donors (Lipinski definition) is 1. The second-order valence-corrected chi connectivity index (χ2v) is 0.946. The lowest BCUT2D eigenvalue weighted by molar-refractivity contribution is 0.0297. The van der Waals surface area contributed by atoms with E-state index in [9.17, 15) is 8.78 Å². The number of rotatable bonds is 1. The Kier molecular flexibility index (Phi) is 2.31. The minimum atomic E-state index is -2.81. The summed E-state index contributed by atoms with van der Waals surface area (Å²) in [6.45, 7) is 0. The van der Waals surface area contributed by atoms with Gasteiger partial charge >= 0.3 is 0 Å². The van der Waals surface area contributed by atoms with Gasteiger partial charge in [-0.2, -0.15) is 0 Å². The average molecular weight is 106 g/mol. The van der Waals surface area contributed by atoms with Gasteiger partial charge < -0.3 is 5.11 Å². The molecule has 40 valence electrons. The number of aliphatic hydroxyl groups excluding tert-OH is 1. The van der Waals surface area contributed by atoms with Crippen LogP contribution >= 0.6 is 0 Å². The van der Waals surface area contributed by atoms with Crippen molar-refractivity contribution >= 4 is 0 Å². The zero-order valence-corrected chi connectivity index (χ0v) is 3.44. The number of aliphatic hydroxyl groups is 1. The Hall–Kier alpha value is -0.620. The van der Waals surface area contributed by atoms with Gasteiger partial charge in [0.15, 0.2) is 6.10 Å². The van der Waals surface area contributed by atoms with E-state index in [2.05, 4.69) is 6.42 Å². The summed E-state index contributed by atoms with van der Waals surface area (Å²) in [6, 6.07) is 0. The highest BCUT2D eigenvalue weighted by molar-refractivity contribution is 4.94. The zero-order valence-electron chi connectivity index (χ0n) is 3.44. The van der Waals surface area contributed by atoms with Crippen molar-refractivity contribution in [1.82, 2.24) is 0 Å². The molecular weight excluding hydrogens is 102 g/mol. The first-order valence-electron chi connectivity index (χ1n) is 1.61. The normalized spacial score (nSPS) is 13.6. The Morgan fingerprint density at radius 3 is 2.00 bits per heavy atom. The van der Waals surface area contributed by atoms with Crippen LogP contribution in [0.15, 0.2) is 0 Å². The Bertz CT molecular complexity index is 84.2. The van der Waals surface area contributed by atoms with Crippen LogP contribution in [0.2, 0.25) is 0 Å². The lowest BCUT2D eigenvalue weighted by Crippen LogP contribution is -2.13. The zero-order chi connectivity index (χ0) is 5.86. The van der Waals surface area contributed by atoms with Gasteiger partial charge in [-0.15, -0.1) is 6.42 Å². The van der Waals surface area contributed by atoms with E-state index in [0.717, 1.165) is 0 Å². The first-order valence-corrected chi connectivity index (χ1v) is 1.61. The summed E-state index contributed by atoms with van der Waals surface area (Å²) in [6.07, 6.45) is -0.325. The first kappa shape index (κ1) is 6.38. The molecule has 0 spiro atoms. The number of alkyl halides is 2. The van der Waals surface area contributed by atoms with Gasteiger partial charge in [0.05, 0.1) is 0 Å². The van der Waals surface area contributed by atoms with Gasteiger partial charge in [0.25, 0.3) is 6.43 Å². The molecule has 1 N–H and O–H groups in total. The van der Waals surface area contributed by atoms with Crippen LogP contribution in [0.4, 0.5) is 8.78 Å². The van der Waals surface area contributed by atoms with Crippen molar-refractivity contribution in [2.75, 3.05) is 0 Å². The molecule has 0 saturated carbocycles. The number of halogens is 2. The maximum atomic E-state index is 11.0. The standard InChI is InChI=1S/C4H4F2O/c1-2-3(7)4(5)6/h1,3-4,7H. The molecule has 0 aliphatic carbocycles. The third-order valence-electron chi connectivity index (χ3n) is 0.409. The van der Waals surface area contributed by atoms with Gasteiger partial charge in [-0.1, -0.05) is 5.92 Å². The molecule has 0 heterocycles. The van der Waals surface area contributed by atoms with E-state index in [1.54, 1.807) is 0 Å². The minimum absolute atomic E-state index is 1.47. The third kappa shape index (κ3) is 2.12. The summed E-state index contributed by atoms with van der Waals surface area (Å²) in [7, 11) is 0. The molecule has 0 aliphatic rings. The molecule has 0 aromatic rings. The Morgan fingerprint density at radius 1 is 1.57 bits per heavy atom. The Morgan fingerprint density at radius 2 is 2.00 bits per heavy atom. The Labute approximate surface area is 40.0 Å². The van der Waals surface area contributed by atoms with Gasteiger partial charge in [0.2, 0.25) is 0 Å². The highest BCUT2D eigenvalue weighted by atomic mass is 19.3. The third-order valence-corrected chi connectivity index (χ3v) is 0.409. The lowest BCUT2D eigenvalue weighted by atomic mass is 10.4. The molecule has 0 bridgehead atoms. The fourth-order valence-corrected chi connectivity index (χ4v) is 0.0727. The van der Waals surface area contributed by atoms with Crippen molar-refractivity contribution in [3.8, 4) is 12.3 Å². The van der Waals surface area contributed by atoms with E-state index < -0.39 is 12.5 Å². The smallest absolute Gasteiger partial charge is 0.275 e. The summed E-state index contributed by atoms with van der Waals surface area (Å²) in [5.74, 6) is 1.47. The average Bonchev–Trinajstić information content (AvgIpc) is 1.65. The van der Waals surface area contributed by atoms with E-state index in [1.165, 1.54) is 5.92 Å². The molecule has 0 aliphatic heterocycles. The minimum Gasteiger partial charge on any atom is -0.375 e. The van der Waals surface area contributed by atoms with Crippen LogP contribution in [-0.4, -0.2) is 17.6 Å². The first-order chi connectivity index (χ1) is 3.18. The van der Waals surface area contributed by atoms with Gasteiger partial charge in [-0.3, -0.25) is 0 Å². The summed E-state index contributed by atoms with van der Waals surface area (Å²) < 4.78 is 22.1. The molecule has 7 heavy (non-hydrogen) atoms. The number of terminal acetylenes is 1. The van der Waals surface area contributed by atoms with Crippen LogP contribution in [0.1, 0.15) is 0 Å². The van der Waals surface area contributed by atoms with Crippen molar-refractivity contribution in [2.45, 2.75) is 12.5 Å². The van der Waals surface area contributed by atoms with Crippen molar-refractivity contribution < 1.29 is 13.9 Å². The molecule has 0 aromatic carbocycles. The molecule has 0 rings (SSSR count). The monoisotopic (exact) mass is 106 g/mol. The molecule has 1 atom stereocenters. The van der Waals surface area contributed by atoms with E-state index in [4.69, 9.17) is 5.11 Å². The summed E-state index contributed by atoms with van der Waals surface area (Å²) in [5, 5.41) is 7.95. The second-order valence-electron chi connectivity index (χ2n) is 0.946. The maximum Gasteiger partial charge on any atom is 0.275 e. The van der Waals surface area contributed by atoms with E-state index in [0.29, 0.717) is 0 Å². The largest absolute Gasteiger partial charge is 0.375 e. The van der Waals surface area contributed by atoms with Crippen LogP contribution in [0.3, 0.4) is 0 Å². The molecular formula is C4H4F2O. The van der Waals surface area contributed by atoms with Crippen molar-refractivity contribution in [1.29, 1.82) is 0 Å². The highest BCUT2D eigenvalue weighted by Gasteiger charge is 2.11. The van der Waals surface area contributed by atoms with Crippen molar-refractivity contribution in [3.05, 3.63) is 0 Å². The van der Waals surface area contributed by atoms with Gasteiger partial charge in [-0.25, -0.2) is 8.78 Å². The molecule has 0 saturated heterocycles. The predicted octanol–water partition coefficient (Wildman–Crippen LogP) is 0.246. The van der Waals surface area contributed by atoms with Crippen molar-refractivity contribution in [2.24, 2.45) is 0 Å². The molecule has 0 aromatic heterocycles. The van der Waals surface area contributed by atoms with Crippen molar-refractivity contribution in [3.63, 3.8) is 0 Å². The molecule has 3 heteroatoms. The fraction of sp³-hybridized carbons (Fsp3) is 0.500. The van der Waals surface area contributed by atoms with Gasteiger partial charge in [-0.05, 0) is 0 Å². The van der Waals surface area contributed by atoms with Crippen LogP contribution in [-0.2, 0) is 0 Å². The summed E-state index contributed by atoms with van der Waals surface area (Å²) >= 11 is 0. The Balaban J connectivity index is 3.40. The SMILES string of the molecule is C#CC(O)C(F)F. The molecule has 0 radical (unpaired) electrons. The fourth-order valence-electron chi connectivity index (χ4n) is 0.0727. The predicted molar refractivity (Wildman–Crippen MR) is 20.8 cm³/mol. The summed E-state index contributed by atoms with van der Waals surface area (Å²) in [5.41, 5.74) is 0. The lowest BCUT2D eigenvalue weighted by Gasteiger charge is -1.96. The van der Waals surface area contributed by atoms with E-state index >= 15 is 0 Å².